The van der Waals surface area contributed by atoms with Gasteiger partial charge in [-0.05, 0) is 56.8 Å². The highest BCUT2D eigenvalue weighted by atomic mass is 16.4. The molecule has 5 nitrogen and oxygen atoms in total. The minimum atomic E-state index is -0.702. The van der Waals surface area contributed by atoms with Gasteiger partial charge in [0.2, 0.25) is 0 Å². The van der Waals surface area contributed by atoms with Crippen molar-refractivity contribution in [3.63, 3.8) is 0 Å². The summed E-state index contributed by atoms with van der Waals surface area (Å²) < 4.78 is 0. The molecule has 3 saturated carbocycles. The van der Waals surface area contributed by atoms with Crippen LogP contribution in [0.3, 0.4) is 0 Å². The highest BCUT2D eigenvalue weighted by molar-refractivity contribution is 5.76. The summed E-state index contributed by atoms with van der Waals surface area (Å²) in [7, 11) is 0. The van der Waals surface area contributed by atoms with Gasteiger partial charge < -0.3 is 15.7 Å². The second-order valence-electron chi connectivity index (χ2n) is 7.13. The molecule has 0 unspecified atom stereocenters. The predicted octanol–water partition coefficient (Wildman–Crippen LogP) is 2.26. The highest BCUT2D eigenvalue weighted by Gasteiger charge is 2.63. The lowest BCUT2D eigenvalue weighted by Gasteiger charge is -2.29. The standard InChI is InChI=1S/C15H24N2O3/c1-14(6-7-14)15(8-9-15)17-13(20)16-11-4-2-10(3-5-11)12(18)19/h10-11H,2-9H2,1H3,(H,18,19)(H2,16,17,20). The molecule has 3 N–H and O–H groups in total. The van der Waals surface area contributed by atoms with E-state index < -0.39 is 5.97 Å². The van der Waals surface area contributed by atoms with Gasteiger partial charge in [-0.25, -0.2) is 4.79 Å². The summed E-state index contributed by atoms with van der Waals surface area (Å²) in [6.45, 7) is 2.26. The molecule has 0 heterocycles. The lowest BCUT2D eigenvalue weighted by molar-refractivity contribution is -0.142. The predicted molar refractivity (Wildman–Crippen MR) is 74.4 cm³/mol. The van der Waals surface area contributed by atoms with E-state index in [0.29, 0.717) is 18.3 Å². The Kier molecular flexibility index (Phi) is 3.18. The molecule has 2 amide bonds. The summed E-state index contributed by atoms with van der Waals surface area (Å²) in [5.41, 5.74) is 0.376. The average molecular weight is 280 g/mol. The molecule has 5 heteroatoms. The monoisotopic (exact) mass is 280 g/mol. The first-order valence-electron chi connectivity index (χ1n) is 7.76. The van der Waals surface area contributed by atoms with Crippen LogP contribution >= 0.6 is 0 Å². The van der Waals surface area contributed by atoms with E-state index in [1.54, 1.807) is 0 Å². The molecular weight excluding hydrogens is 256 g/mol. The third-order valence-electron chi connectivity index (χ3n) is 5.67. The second kappa shape index (κ2) is 4.64. The molecule has 20 heavy (non-hydrogen) atoms. The first kappa shape index (κ1) is 13.7. The van der Waals surface area contributed by atoms with E-state index in [1.807, 2.05) is 0 Å². The number of hydrogen-bond acceptors (Lipinski definition) is 2. The Labute approximate surface area is 119 Å². The van der Waals surface area contributed by atoms with Gasteiger partial charge in [0.25, 0.3) is 0 Å². The minimum absolute atomic E-state index is 0.0509. The van der Waals surface area contributed by atoms with E-state index >= 15 is 0 Å². The smallest absolute Gasteiger partial charge is 0.315 e. The Morgan fingerprint density at radius 2 is 1.65 bits per heavy atom. The van der Waals surface area contributed by atoms with Crippen molar-refractivity contribution < 1.29 is 14.7 Å². The fourth-order valence-corrected chi connectivity index (χ4v) is 3.59. The molecule has 0 bridgehead atoms. The molecule has 0 spiro atoms. The number of aliphatic carboxylic acids is 1. The van der Waals surface area contributed by atoms with Gasteiger partial charge in [0.05, 0.1) is 5.92 Å². The van der Waals surface area contributed by atoms with Crippen molar-refractivity contribution in [1.29, 1.82) is 0 Å². The quantitative estimate of drug-likeness (QED) is 0.739. The number of carboxylic acid groups (broad SMARTS) is 1. The summed E-state index contributed by atoms with van der Waals surface area (Å²) in [6.07, 6.45) is 7.52. The molecule has 112 valence electrons. The van der Waals surface area contributed by atoms with Crippen molar-refractivity contribution >= 4 is 12.0 Å². The molecule has 0 aromatic heterocycles. The lowest BCUT2D eigenvalue weighted by Crippen LogP contribution is -2.51. The first-order chi connectivity index (χ1) is 9.44. The summed E-state index contributed by atoms with van der Waals surface area (Å²) in [6, 6.07) is 0.0720. The van der Waals surface area contributed by atoms with Gasteiger partial charge in [0.1, 0.15) is 0 Å². The number of urea groups is 1. The average Bonchev–Trinajstić information content (AvgIpc) is 3.29. The summed E-state index contributed by atoms with van der Waals surface area (Å²) in [4.78, 5) is 23.0. The zero-order chi connectivity index (χ0) is 14.4. The van der Waals surface area contributed by atoms with Crippen LogP contribution in [0.4, 0.5) is 4.79 Å². The summed E-state index contributed by atoms with van der Waals surface area (Å²) >= 11 is 0. The van der Waals surface area contributed by atoms with Crippen molar-refractivity contribution in [2.24, 2.45) is 11.3 Å². The molecule has 0 aromatic rings. The van der Waals surface area contributed by atoms with Crippen molar-refractivity contribution in [3.05, 3.63) is 0 Å². The number of nitrogens with one attached hydrogen (secondary N) is 2. The highest BCUT2D eigenvalue weighted by Crippen LogP contribution is 2.63. The van der Waals surface area contributed by atoms with Gasteiger partial charge in [0.15, 0.2) is 0 Å². The number of hydrogen-bond donors (Lipinski definition) is 3. The van der Waals surface area contributed by atoms with Crippen LogP contribution < -0.4 is 10.6 Å². The van der Waals surface area contributed by atoms with E-state index in [-0.39, 0.29) is 23.5 Å². The largest absolute Gasteiger partial charge is 0.481 e. The molecule has 3 rings (SSSR count). The van der Waals surface area contributed by atoms with Crippen molar-refractivity contribution in [3.8, 4) is 0 Å². The van der Waals surface area contributed by atoms with Gasteiger partial charge in [-0.3, -0.25) is 4.79 Å². The third-order valence-corrected chi connectivity index (χ3v) is 5.67. The maximum absolute atomic E-state index is 12.1. The Morgan fingerprint density at radius 3 is 2.10 bits per heavy atom. The molecular formula is C15H24N2O3. The van der Waals surface area contributed by atoms with Crippen LogP contribution in [-0.2, 0) is 4.79 Å². The zero-order valence-electron chi connectivity index (χ0n) is 12.1. The van der Waals surface area contributed by atoms with E-state index in [0.717, 1.165) is 25.7 Å². The van der Waals surface area contributed by atoms with Crippen molar-refractivity contribution in [1.82, 2.24) is 10.6 Å². The molecule has 0 aliphatic heterocycles. The third kappa shape index (κ3) is 2.50. The number of rotatable bonds is 4. The first-order valence-corrected chi connectivity index (χ1v) is 7.76. The number of carboxylic acids is 1. The molecule has 0 radical (unpaired) electrons. The second-order valence-corrected chi connectivity index (χ2v) is 7.13. The van der Waals surface area contributed by atoms with E-state index in [9.17, 15) is 9.59 Å². The Hall–Kier alpha value is -1.26. The van der Waals surface area contributed by atoms with E-state index in [4.69, 9.17) is 5.11 Å². The van der Waals surface area contributed by atoms with Crippen molar-refractivity contribution in [2.45, 2.75) is 69.9 Å². The van der Waals surface area contributed by atoms with E-state index in [2.05, 4.69) is 17.6 Å². The van der Waals surface area contributed by atoms with Crippen molar-refractivity contribution in [2.75, 3.05) is 0 Å². The molecule has 3 fully saturated rings. The van der Waals surface area contributed by atoms with Crippen LogP contribution in [-0.4, -0.2) is 28.7 Å². The maximum atomic E-state index is 12.1. The molecule has 0 atom stereocenters. The summed E-state index contributed by atoms with van der Waals surface area (Å²) in [5.74, 6) is -0.928. The number of carbonyl (C=O) groups excluding carboxylic acids is 1. The van der Waals surface area contributed by atoms with Crippen LogP contribution in [0.15, 0.2) is 0 Å². The Balaban J connectivity index is 1.45. The molecule has 3 aliphatic rings. The fraction of sp³-hybridized carbons (Fsp3) is 0.867. The zero-order valence-corrected chi connectivity index (χ0v) is 12.1. The molecule has 0 saturated heterocycles. The summed E-state index contributed by atoms with van der Waals surface area (Å²) in [5, 5.41) is 15.2. The van der Waals surface area contributed by atoms with Gasteiger partial charge in [0, 0.05) is 11.6 Å². The van der Waals surface area contributed by atoms with Crippen LogP contribution in [0.1, 0.15) is 58.3 Å². The number of amides is 2. The van der Waals surface area contributed by atoms with Gasteiger partial charge >= 0.3 is 12.0 Å². The Morgan fingerprint density at radius 1 is 1.05 bits per heavy atom. The lowest BCUT2D eigenvalue weighted by atomic mass is 9.86. The maximum Gasteiger partial charge on any atom is 0.315 e. The number of carbonyl (C=O) groups is 2. The van der Waals surface area contributed by atoms with Gasteiger partial charge in [-0.2, -0.15) is 0 Å². The molecule has 3 aliphatic carbocycles. The van der Waals surface area contributed by atoms with Gasteiger partial charge in [-0.1, -0.05) is 6.92 Å². The van der Waals surface area contributed by atoms with Crippen LogP contribution in [0.25, 0.3) is 0 Å². The fourth-order valence-electron chi connectivity index (χ4n) is 3.59. The SMILES string of the molecule is CC1(C2(NC(=O)NC3CCC(C(=O)O)CC3)CC2)CC1. The normalized spacial score (nSPS) is 33.0. The van der Waals surface area contributed by atoms with Crippen LogP contribution in [0.5, 0.6) is 0 Å². The van der Waals surface area contributed by atoms with Crippen LogP contribution in [0.2, 0.25) is 0 Å². The topological polar surface area (TPSA) is 78.4 Å². The van der Waals surface area contributed by atoms with Crippen LogP contribution in [0, 0.1) is 11.3 Å². The molecule has 0 aromatic carbocycles. The van der Waals surface area contributed by atoms with E-state index in [1.165, 1.54) is 12.8 Å². The Bertz CT molecular complexity index is 419. The minimum Gasteiger partial charge on any atom is -0.481 e. The van der Waals surface area contributed by atoms with Gasteiger partial charge in [-0.15, -0.1) is 0 Å².